The minimum absolute atomic E-state index is 0.0139. The van der Waals surface area contributed by atoms with E-state index in [1.165, 1.54) is 0 Å². The SMILES string of the molecule is CCC(OC)OC.COC(C)(C)OC. The molecule has 88 valence electrons. The van der Waals surface area contributed by atoms with Gasteiger partial charge in [0.25, 0.3) is 0 Å². The summed E-state index contributed by atoms with van der Waals surface area (Å²) in [5, 5.41) is 0. The van der Waals surface area contributed by atoms with E-state index in [1.807, 2.05) is 20.8 Å². The maximum atomic E-state index is 4.86. The summed E-state index contributed by atoms with van der Waals surface area (Å²) in [4.78, 5) is 0. The summed E-state index contributed by atoms with van der Waals surface area (Å²) in [6, 6.07) is 0. The first-order valence-electron chi connectivity index (χ1n) is 4.63. The minimum Gasteiger partial charge on any atom is -0.356 e. The van der Waals surface area contributed by atoms with Crippen LogP contribution in [0.5, 0.6) is 0 Å². The van der Waals surface area contributed by atoms with Crippen molar-refractivity contribution in [2.75, 3.05) is 28.4 Å². The summed E-state index contributed by atoms with van der Waals surface area (Å²) in [6.07, 6.45) is 0.896. The van der Waals surface area contributed by atoms with Crippen LogP contribution in [0.2, 0.25) is 0 Å². The van der Waals surface area contributed by atoms with E-state index in [4.69, 9.17) is 18.9 Å². The van der Waals surface area contributed by atoms with E-state index in [1.54, 1.807) is 28.4 Å². The first-order chi connectivity index (χ1) is 6.47. The van der Waals surface area contributed by atoms with Crippen LogP contribution < -0.4 is 0 Å². The Morgan fingerprint density at radius 3 is 1.29 bits per heavy atom. The monoisotopic (exact) mass is 208 g/mol. The zero-order valence-electron chi connectivity index (χ0n) is 10.4. The van der Waals surface area contributed by atoms with Gasteiger partial charge in [-0.15, -0.1) is 0 Å². The van der Waals surface area contributed by atoms with Gasteiger partial charge in [0.2, 0.25) is 0 Å². The Morgan fingerprint density at radius 2 is 1.29 bits per heavy atom. The Hall–Kier alpha value is -0.160. The molecule has 0 saturated heterocycles. The summed E-state index contributed by atoms with van der Waals surface area (Å²) in [6.45, 7) is 5.72. The molecule has 4 nitrogen and oxygen atoms in total. The van der Waals surface area contributed by atoms with Gasteiger partial charge in [-0.3, -0.25) is 0 Å². The lowest BCUT2D eigenvalue weighted by molar-refractivity contribution is -0.178. The van der Waals surface area contributed by atoms with Gasteiger partial charge in [0.1, 0.15) is 0 Å². The van der Waals surface area contributed by atoms with Crippen LogP contribution in [0.1, 0.15) is 27.2 Å². The molecule has 14 heavy (non-hydrogen) atoms. The highest BCUT2D eigenvalue weighted by Crippen LogP contribution is 2.05. The lowest BCUT2D eigenvalue weighted by Gasteiger charge is -2.19. The molecule has 0 unspecified atom stereocenters. The predicted molar refractivity (Wildman–Crippen MR) is 56.2 cm³/mol. The first-order valence-corrected chi connectivity index (χ1v) is 4.63. The van der Waals surface area contributed by atoms with Crippen LogP contribution in [0, 0.1) is 0 Å². The molecule has 0 aromatic carbocycles. The number of ether oxygens (including phenoxy) is 4. The van der Waals surface area contributed by atoms with Crippen LogP contribution in [0.4, 0.5) is 0 Å². The van der Waals surface area contributed by atoms with Crippen molar-refractivity contribution in [1.29, 1.82) is 0 Å². The lowest BCUT2D eigenvalue weighted by Crippen LogP contribution is -2.24. The molecule has 0 aliphatic carbocycles. The second-order valence-corrected chi connectivity index (χ2v) is 3.12. The van der Waals surface area contributed by atoms with E-state index >= 15 is 0 Å². The maximum Gasteiger partial charge on any atom is 0.161 e. The van der Waals surface area contributed by atoms with E-state index in [2.05, 4.69) is 0 Å². The third kappa shape index (κ3) is 9.92. The molecule has 0 rings (SSSR count). The molecule has 0 aliphatic rings. The molecular weight excluding hydrogens is 184 g/mol. The van der Waals surface area contributed by atoms with Crippen LogP contribution in [0.25, 0.3) is 0 Å². The smallest absolute Gasteiger partial charge is 0.161 e. The Morgan fingerprint density at radius 1 is 0.929 bits per heavy atom. The van der Waals surface area contributed by atoms with Gasteiger partial charge in [0.05, 0.1) is 0 Å². The largest absolute Gasteiger partial charge is 0.356 e. The Bertz CT molecular complexity index is 99.2. The average Bonchev–Trinajstić information content (AvgIpc) is 2.21. The fourth-order valence-electron chi connectivity index (χ4n) is 0.513. The van der Waals surface area contributed by atoms with Gasteiger partial charge < -0.3 is 18.9 Å². The molecule has 0 atom stereocenters. The minimum atomic E-state index is -0.417. The highest BCUT2D eigenvalue weighted by Gasteiger charge is 2.11. The molecule has 0 aromatic rings. The van der Waals surface area contributed by atoms with Crippen molar-refractivity contribution >= 4 is 0 Å². The van der Waals surface area contributed by atoms with Crippen molar-refractivity contribution in [3.63, 3.8) is 0 Å². The summed E-state index contributed by atoms with van der Waals surface area (Å²) in [5.74, 6) is -0.417. The fraction of sp³-hybridized carbons (Fsp3) is 1.00. The van der Waals surface area contributed by atoms with Gasteiger partial charge in [-0.25, -0.2) is 0 Å². The van der Waals surface area contributed by atoms with Crippen molar-refractivity contribution in [1.82, 2.24) is 0 Å². The molecule has 0 N–H and O–H groups in total. The standard InChI is InChI=1S/2C5H12O2/c1-5(2,6-3)7-4;1-4-5(6-2)7-3/h1-4H3;5H,4H2,1-3H3. The summed E-state index contributed by atoms with van der Waals surface area (Å²) in [7, 11) is 6.50. The Balaban J connectivity index is 0. The second kappa shape index (κ2) is 9.40. The van der Waals surface area contributed by atoms with E-state index in [0.29, 0.717) is 0 Å². The third-order valence-electron chi connectivity index (χ3n) is 1.84. The summed E-state index contributed by atoms with van der Waals surface area (Å²) < 4.78 is 19.4. The molecule has 0 aliphatic heterocycles. The van der Waals surface area contributed by atoms with E-state index in [0.717, 1.165) is 6.42 Å². The molecule has 0 spiro atoms. The van der Waals surface area contributed by atoms with Crippen molar-refractivity contribution in [3.8, 4) is 0 Å². The predicted octanol–water partition coefficient (Wildman–Crippen LogP) is 2.03. The second-order valence-electron chi connectivity index (χ2n) is 3.12. The van der Waals surface area contributed by atoms with Gasteiger partial charge in [0, 0.05) is 28.4 Å². The van der Waals surface area contributed by atoms with Gasteiger partial charge in [-0.1, -0.05) is 6.92 Å². The maximum absolute atomic E-state index is 4.86. The number of hydrogen-bond donors (Lipinski definition) is 0. The van der Waals surface area contributed by atoms with Gasteiger partial charge in [-0.2, -0.15) is 0 Å². The van der Waals surface area contributed by atoms with E-state index in [-0.39, 0.29) is 6.29 Å². The quantitative estimate of drug-likeness (QED) is 0.648. The van der Waals surface area contributed by atoms with Crippen molar-refractivity contribution < 1.29 is 18.9 Å². The van der Waals surface area contributed by atoms with E-state index in [9.17, 15) is 0 Å². The molecule has 0 heterocycles. The van der Waals surface area contributed by atoms with Crippen molar-refractivity contribution in [2.24, 2.45) is 0 Å². The highest BCUT2D eigenvalue weighted by atomic mass is 16.7. The number of hydrogen-bond acceptors (Lipinski definition) is 4. The van der Waals surface area contributed by atoms with Crippen molar-refractivity contribution in [2.45, 2.75) is 39.3 Å². The zero-order chi connectivity index (χ0) is 11.6. The molecule has 0 fully saturated rings. The molecular formula is C10H24O4. The van der Waals surface area contributed by atoms with Crippen LogP contribution in [0.3, 0.4) is 0 Å². The highest BCUT2D eigenvalue weighted by molar-refractivity contribution is 4.47. The third-order valence-corrected chi connectivity index (χ3v) is 1.84. The van der Waals surface area contributed by atoms with Crippen LogP contribution >= 0.6 is 0 Å². The first kappa shape index (κ1) is 16.3. The summed E-state index contributed by atoms with van der Waals surface area (Å²) >= 11 is 0. The average molecular weight is 208 g/mol. The van der Waals surface area contributed by atoms with Gasteiger partial charge in [0.15, 0.2) is 12.1 Å². The fourth-order valence-corrected chi connectivity index (χ4v) is 0.513. The topological polar surface area (TPSA) is 36.9 Å². The molecule has 0 amide bonds. The molecule has 0 radical (unpaired) electrons. The van der Waals surface area contributed by atoms with Crippen LogP contribution in [-0.4, -0.2) is 40.5 Å². The normalized spacial score (nSPS) is 11.1. The van der Waals surface area contributed by atoms with Crippen LogP contribution in [-0.2, 0) is 18.9 Å². The molecule has 0 aromatic heterocycles. The lowest BCUT2D eigenvalue weighted by atomic mass is 10.4. The molecule has 4 heteroatoms. The Kier molecular flexibility index (Phi) is 10.9. The van der Waals surface area contributed by atoms with Crippen molar-refractivity contribution in [3.05, 3.63) is 0 Å². The molecule has 0 saturated carbocycles. The van der Waals surface area contributed by atoms with E-state index < -0.39 is 5.79 Å². The number of methoxy groups -OCH3 is 4. The van der Waals surface area contributed by atoms with Gasteiger partial charge >= 0.3 is 0 Å². The summed E-state index contributed by atoms with van der Waals surface area (Å²) in [5.41, 5.74) is 0. The zero-order valence-corrected chi connectivity index (χ0v) is 10.4. The molecule has 0 bridgehead atoms. The Labute approximate surface area is 87.5 Å². The number of rotatable bonds is 5. The van der Waals surface area contributed by atoms with Crippen LogP contribution in [0.15, 0.2) is 0 Å². The van der Waals surface area contributed by atoms with Gasteiger partial charge in [-0.05, 0) is 20.3 Å².